The SMILES string of the molecule is Cc1cc(N2CCN(C3CCC(C[C@H](N)C(=O)N4CCSC4)CC3)CC2)n(-c2ccccc2)n1.Cl.Cl.Cl. The zero-order valence-electron chi connectivity index (χ0n) is 21.5. The van der Waals surface area contributed by atoms with Gasteiger partial charge in [0.15, 0.2) is 0 Å². The zero-order valence-corrected chi connectivity index (χ0v) is 24.8. The first-order chi connectivity index (χ1) is 16.6. The minimum absolute atomic E-state index is 0. The lowest BCUT2D eigenvalue weighted by Gasteiger charge is -2.42. The van der Waals surface area contributed by atoms with Crippen molar-refractivity contribution in [1.29, 1.82) is 0 Å². The topological polar surface area (TPSA) is 70.6 Å². The first kappa shape index (κ1) is 32.1. The number of carbonyl (C=O) groups excluding carboxylic acids is 1. The van der Waals surface area contributed by atoms with E-state index in [1.165, 1.54) is 31.5 Å². The van der Waals surface area contributed by atoms with Crippen LogP contribution in [0.3, 0.4) is 0 Å². The molecular weight excluding hydrogens is 551 g/mol. The summed E-state index contributed by atoms with van der Waals surface area (Å²) in [6.07, 6.45) is 5.70. The van der Waals surface area contributed by atoms with E-state index in [4.69, 9.17) is 10.8 Å². The van der Waals surface area contributed by atoms with Crippen molar-refractivity contribution in [2.75, 3.05) is 49.3 Å². The summed E-state index contributed by atoms with van der Waals surface area (Å²) in [6.45, 7) is 7.19. The van der Waals surface area contributed by atoms with Gasteiger partial charge in [0.1, 0.15) is 5.82 Å². The van der Waals surface area contributed by atoms with Crippen molar-refractivity contribution in [2.45, 2.75) is 51.1 Å². The normalized spacial score (nSPS) is 23.0. The zero-order chi connectivity index (χ0) is 23.5. The number of halogens is 3. The predicted molar refractivity (Wildman–Crippen MR) is 161 cm³/mol. The molecule has 0 radical (unpaired) electrons. The number of rotatable bonds is 6. The number of benzene rings is 1. The van der Waals surface area contributed by atoms with E-state index in [2.05, 4.69) is 51.7 Å². The Balaban J connectivity index is 0.00000160. The maximum Gasteiger partial charge on any atom is 0.240 e. The summed E-state index contributed by atoms with van der Waals surface area (Å²) < 4.78 is 2.08. The van der Waals surface area contributed by atoms with Gasteiger partial charge >= 0.3 is 0 Å². The van der Waals surface area contributed by atoms with Crippen LogP contribution in [0.5, 0.6) is 0 Å². The van der Waals surface area contributed by atoms with E-state index in [-0.39, 0.29) is 49.2 Å². The van der Waals surface area contributed by atoms with E-state index in [0.29, 0.717) is 12.0 Å². The molecule has 5 rings (SSSR count). The number of nitrogens with zero attached hydrogens (tertiary/aromatic N) is 5. The number of anilines is 1. The summed E-state index contributed by atoms with van der Waals surface area (Å²) >= 11 is 1.83. The minimum atomic E-state index is -0.318. The number of thioether (sulfide) groups is 1. The van der Waals surface area contributed by atoms with Gasteiger partial charge in [0, 0.05) is 50.6 Å². The molecule has 1 aromatic carbocycles. The van der Waals surface area contributed by atoms with Crippen LogP contribution in [0, 0.1) is 12.8 Å². The van der Waals surface area contributed by atoms with Crippen LogP contribution in [0.2, 0.25) is 0 Å². The smallest absolute Gasteiger partial charge is 0.240 e. The third-order valence-electron chi connectivity index (χ3n) is 7.75. The number of amides is 1. The maximum absolute atomic E-state index is 12.6. The summed E-state index contributed by atoms with van der Waals surface area (Å²) in [6, 6.07) is 13.0. The Labute approximate surface area is 244 Å². The third kappa shape index (κ3) is 7.70. The van der Waals surface area contributed by atoms with Gasteiger partial charge in [-0.15, -0.1) is 49.0 Å². The number of aryl methyl sites for hydroxylation is 1. The highest BCUT2D eigenvalue weighted by Crippen LogP contribution is 2.32. The lowest BCUT2D eigenvalue weighted by molar-refractivity contribution is -0.131. The third-order valence-corrected chi connectivity index (χ3v) is 8.72. The Morgan fingerprint density at radius 1 is 1.03 bits per heavy atom. The van der Waals surface area contributed by atoms with Crippen molar-refractivity contribution in [3.8, 4) is 5.69 Å². The molecule has 2 saturated heterocycles. The second-order valence-corrected chi connectivity index (χ2v) is 11.1. The standard InChI is InChI=1S/C26H38N6OS.3ClH/c1-20-17-25(32(28-20)23-5-3-2-4-6-23)30-13-11-29(12-14-30)22-9-7-21(8-10-22)18-24(27)26(33)31-15-16-34-19-31;;;/h2-6,17,21-22,24H,7-16,18-19,27H2,1H3;3*1H/t21?,22?,24-;;;/m0.../s1. The van der Waals surface area contributed by atoms with E-state index in [1.54, 1.807) is 0 Å². The van der Waals surface area contributed by atoms with Gasteiger partial charge in [-0.1, -0.05) is 18.2 Å². The molecule has 37 heavy (non-hydrogen) atoms. The average molecular weight is 592 g/mol. The highest BCUT2D eigenvalue weighted by molar-refractivity contribution is 7.99. The van der Waals surface area contributed by atoms with Crippen LogP contribution in [-0.2, 0) is 4.79 Å². The summed E-state index contributed by atoms with van der Waals surface area (Å²) in [5, 5.41) is 4.76. The molecule has 1 atom stereocenters. The fourth-order valence-electron chi connectivity index (χ4n) is 5.81. The number of hydrogen-bond acceptors (Lipinski definition) is 6. The van der Waals surface area contributed by atoms with E-state index in [9.17, 15) is 4.79 Å². The molecule has 2 aromatic rings. The molecule has 3 fully saturated rings. The van der Waals surface area contributed by atoms with Crippen molar-refractivity contribution in [3.63, 3.8) is 0 Å². The van der Waals surface area contributed by atoms with Gasteiger partial charge in [-0.3, -0.25) is 9.69 Å². The highest BCUT2D eigenvalue weighted by Gasteiger charge is 2.32. The van der Waals surface area contributed by atoms with Crippen LogP contribution in [0.4, 0.5) is 5.82 Å². The largest absolute Gasteiger partial charge is 0.354 e. The Morgan fingerprint density at radius 3 is 2.32 bits per heavy atom. The second-order valence-electron chi connectivity index (χ2n) is 10.1. The number of para-hydroxylation sites is 1. The molecule has 1 amide bonds. The molecule has 3 heterocycles. The number of nitrogens with two attached hydrogens (primary N) is 1. The van der Waals surface area contributed by atoms with Crippen LogP contribution in [0.25, 0.3) is 5.69 Å². The molecule has 2 aliphatic heterocycles. The molecule has 0 unspecified atom stereocenters. The molecule has 7 nitrogen and oxygen atoms in total. The first-order valence-corrected chi connectivity index (χ1v) is 14.0. The van der Waals surface area contributed by atoms with Gasteiger partial charge in [-0.2, -0.15) is 5.10 Å². The van der Waals surface area contributed by atoms with Gasteiger partial charge < -0.3 is 15.5 Å². The van der Waals surface area contributed by atoms with Crippen molar-refractivity contribution in [2.24, 2.45) is 11.7 Å². The Kier molecular flexibility index (Phi) is 12.9. The van der Waals surface area contributed by atoms with E-state index in [0.717, 1.165) is 62.2 Å². The fourth-order valence-corrected chi connectivity index (χ4v) is 6.77. The summed E-state index contributed by atoms with van der Waals surface area (Å²) in [5.74, 6) is 3.81. The molecule has 3 aliphatic rings. The Morgan fingerprint density at radius 2 is 1.70 bits per heavy atom. The number of hydrogen-bond donors (Lipinski definition) is 1. The molecule has 208 valence electrons. The molecular formula is C26H41Cl3N6OS. The van der Waals surface area contributed by atoms with Crippen molar-refractivity contribution in [3.05, 3.63) is 42.1 Å². The quantitative estimate of drug-likeness (QED) is 0.538. The van der Waals surface area contributed by atoms with Crippen molar-refractivity contribution in [1.82, 2.24) is 19.6 Å². The summed E-state index contributed by atoms with van der Waals surface area (Å²) in [5.41, 5.74) is 8.48. The van der Waals surface area contributed by atoms with E-state index < -0.39 is 0 Å². The van der Waals surface area contributed by atoms with Gasteiger partial charge in [0.2, 0.25) is 5.91 Å². The number of carbonyl (C=O) groups is 1. The number of piperazine rings is 1. The number of aromatic nitrogens is 2. The van der Waals surface area contributed by atoms with E-state index >= 15 is 0 Å². The summed E-state index contributed by atoms with van der Waals surface area (Å²) in [4.78, 5) is 19.7. The molecule has 0 bridgehead atoms. The van der Waals surface area contributed by atoms with Gasteiger partial charge in [0.25, 0.3) is 0 Å². The average Bonchev–Trinajstić information content (AvgIpc) is 3.55. The van der Waals surface area contributed by atoms with Crippen LogP contribution in [0.15, 0.2) is 36.4 Å². The highest BCUT2D eigenvalue weighted by atomic mass is 35.5. The predicted octanol–water partition coefficient (Wildman–Crippen LogP) is 4.38. The Bertz CT molecular complexity index is 958. The molecule has 1 aliphatic carbocycles. The molecule has 2 N–H and O–H groups in total. The van der Waals surface area contributed by atoms with Crippen LogP contribution in [0.1, 0.15) is 37.8 Å². The van der Waals surface area contributed by atoms with Crippen LogP contribution in [-0.4, -0.2) is 81.9 Å². The monoisotopic (exact) mass is 590 g/mol. The summed E-state index contributed by atoms with van der Waals surface area (Å²) in [7, 11) is 0. The van der Waals surface area contributed by atoms with Gasteiger partial charge in [0.05, 0.1) is 23.3 Å². The van der Waals surface area contributed by atoms with Crippen molar-refractivity contribution >= 4 is 60.7 Å². The molecule has 1 aromatic heterocycles. The van der Waals surface area contributed by atoms with Gasteiger partial charge in [-0.05, 0) is 57.1 Å². The van der Waals surface area contributed by atoms with Crippen molar-refractivity contribution < 1.29 is 4.79 Å². The van der Waals surface area contributed by atoms with Gasteiger partial charge in [-0.25, -0.2) is 4.68 Å². The molecule has 11 heteroatoms. The lowest BCUT2D eigenvalue weighted by Crippen LogP contribution is -2.51. The second kappa shape index (κ2) is 14.8. The fraction of sp³-hybridized carbons (Fsp3) is 0.615. The lowest BCUT2D eigenvalue weighted by atomic mass is 9.81. The Hall–Kier alpha value is -1.16. The van der Waals surface area contributed by atoms with Crippen LogP contribution < -0.4 is 10.6 Å². The molecule has 0 spiro atoms. The molecule has 1 saturated carbocycles. The maximum atomic E-state index is 12.6. The first-order valence-electron chi connectivity index (χ1n) is 12.8. The van der Waals surface area contributed by atoms with Crippen LogP contribution >= 0.6 is 49.0 Å². The van der Waals surface area contributed by atoms with E-state index in [1.807, 2.05) is 22.7 Å². The minimum Gasteiger partial charge on any atom is -0.354 e.